The van der Waals surface area contributed by atoms with Crippen LogP contribution in [0.1, 0.15) is 23.7 Å². The molecule has 1 atom stereocenters. The third kappa shape index (κ3) is 4.12. The average molecular weight is 385 g/mol. The molecule has 0 aliphatic carbocycles. The Morgan fingerprint density at radius 3 is 2.57 bits per heavy atom. The Labute approximate surface area is 160 Å². The van der Waals surface area contributed by atoms with E-state index in [1.165, 1.54) is 6.07 Å². The van der Waals surface area contributed by atoms with E-state index >= 15 is 0 Å². The number of hydrogen-bond donors (Lipinski definition) is 2. The molecule has 8 heteroatoms. The Morgan fingerprint density at radius 2 is 1.86 bits per heavy atom. The van der Waals surface area contributed by atoms with Gasteiger partial charge in [-0.25, -0.2) is 9.97 Å². The predicted molar refractivity (Wildman–Crippen MR) is 100 cm³/mol. The summed E-state index contributed by atoms with van der Waals surface area (Å²) in [6, 6.07) is 10.5. The number of alkyl halides is 3. The lowest BCUT2D eigenvalue weighted by Gasteiger charge is -2.14. The fourth-order valence-electron chi connectivity index (χ4n) is 3.18. The molecule has 0 bridgehead atoms. The quantitative estimate of drug-likeness (QED) is 0.698. The van der Waals surface area contributed by atoms with Crippen molar-refractivity contribution >= 4 is 11.5 Å². The maximum absolute atomic E-state index is 13.0. The van der Waals surface area contributed by atoms with Gasteiger partial charge in [-0.05, 0) is 43.3 Å². The Kier molecular flexibility index (Phi) is 4.95. The molecule has 2 N–H and O–H groups in total. The van der Waals surface area contributed by atoms with Gasteiger partial charge in [-0.15, -0.1) is 0 Å². The monoisotopic (exact) mass is 385 g/mol. The van der Waals surface area contributed by atoms with E-state index in [-0.39, 0.29) is 5.92 Å². The third-order valence-corrected chi connectivity index (χ3v) is 4.61. The van der Waals surface area contributed by atoms with Gasteiger partial charge in [0.25, 0.3) is 0 Å². The van der Waals surface area contributed by atoms with Gasteiger partial charge in [-0.1, -0.05) is 6.07 Å². The van der Waals surface area contributed by atoms with E-state index in [1.54, 1.807) is 24.5 Å². The summed E-state index contributed by atoms with van der Waals surface area (Å²) >= 11 is 0. The highest BCUT2D eigenvalue weighted by molar-refractivity contribution is 5.65. The molecule has 1 aliphatic heterocycles. The molecule has 0 unspecified atom stereocenters. The molecular formula is C20H18F3N5. The fourth-order valence-corrected chi connectivity index (χ4v) is 3.18. The molecule has 0 radical (unpaired) electrons. The van der Waals surface area contributed by atoms with E-state index in [0.717, 1.165) is 37.2 Å². The number of halogens is 3. The summed E-state index contributed by atoms with van der Waals surface area (Å²) in [5.41, 5.74) is 1.19. The van der Waals surface area contributed by atoms with Gasteiger partial charge in [0.1, 0.15) is 11.6 Å². The second kappa shape index (κ2) is 7.55. The molecule has 1 saturated heterocycles. The van der Waals surface area contributed by atoms with Gasteiger partial charge in [-0.3, -0.25) is 4.98 Å². The third-order valence-electron chi connectivity index (χ3n) is 4.61. The molecule has 0 amide bonds. The number of rotatable bonds is 4. The van der Waals surface area contributed by atoms with E-state index in [2.05, 4.69) is 25.6 Å². The van der Waals surface area contributed by atoms with Gasteiger partial charge >= 0.3 is 6.18 Å². The largest absolute Gasteiger partial charge is 0.416 e. The van der Waals surface area contributed by atoms with Crippen molar-refractivity contribution in [1.82, 2.24) is 20.3 Å². The van der Waals surface area contributed by atoms with Gasteiger partial charge in [-0.2, -0.15) is 13.2 Å². The number of nitrogens with zero attached hydrogens (tertiary/aromatic N) is 3. The van der Waals surface area contributed by atoms with Crippen LogP contribution in [0.3, 0.4) is 0 Å². The molecule has 4 rings (SSSR count). The molecule has 3 heterocycles. The lowest BCUT2D eigenvalue weighted by Crippen LogP contribution is -2.11. The summed E-state index contributed by atoms with van der Waals surface area (Å²) in [7, 11) is 0. The first-order valence-electron chi connectivity index (χ1n) is 8.93. The van der Waals surface area contributed by atoms with Crippen LogP contribution in [0.4, 0.5) is 24.7 Å². The normalized spacial score (nSPS) is 16.9. The maximum Gasteiger partial charge on any atom is 0.416 e. The molecule has 144 valence electrons. The lowest BCUT2D eigenvalue weighted by atomic mass is 10.1. The van der Waals surface area contributed by atoms with Gasteiger partial charge in [0, 0.05) is 42.2 Å². The van der Waals surface area contributed by atoms with Crippen LogP contribution >= 0.6 is 0 Å². The molecule has 28 heavy (non-hydrogen) atoms. The Bertz CT molecular complexity index is 954. The molecule has 1 aromatic carbocycles. The van der Waals surface area contributed by atoms with E-state index in [4.69, 9.17) is 0 Å². The molecule has 1 fully saturated rings. The first-order chi connectivity index (χ1) is 13.5. The summed E-state index contributed by atoms with van der Waals surface area (Å²) in [6.07, 6.45) is -0.128. The summed E-state index contributed by atoms with van der Waals surface area (Å²) in [4.78, 5) is 13.3. The predicted octanol–water partition coefficient (Wildman–Crippen LogP) is 4.38. The zero-order valence-electron chi connectivity index (χ0n) is 14.9. The van der Waals surface area contributed by atoms with Crippen molar-refractivity contribution < 1.29 is 13.2 Å². The standard InChI is InChI=1S/C20H18F3N5/c21-20(22,23)15-2-1-3-16(10-15)26-18-11-17(13-4-7-24-8-5-13)27-19(28-18)14-6-9-25-12-14/h1-5,7-8,10-11,14,25H,6,9,12H2,(H,26,27,28)/t14-/m1/s1. The number of aromatic nitrogens is 3. The topological polar surface area (TPSA) is 62.7 Å². The molecule has 0 spiro atoms. The molecule has 1 aliphatic rings. The van der Waals surface area contributed by atoms with Crippen molar-refractivity contribution in [3.63, 3.8) is 0 Å². The zero-order chi connectivity index (χ0) is 19.6. The highest BCUT2D eigenvalue weighted by Gasteiger charge is 2.30. The second-order valence-corrected chi connectivity index (χ2v) is 6.63. The van der Waals surface area contributed by atoms with Crippen LogP contribution in [0.2, 0.25) is 0 Å². The van der Waals surface area contributed by atoms with Crippen LogP contribution in [0, 0.1) is 0 Å². The Balaban J connectivity index is 1.71. The summed E-state index contributed by atoms with van der Waals surface area (Å²) in [5, 5.41) is 6.29. The molecule has 0 saturated carbocycles. The smallest absolute Gasteiger partial charge is 0.340 e. The van der Waals surface area contributed by atoms with Crippen LogP contribution in [0.5, 0.6) is 0 Å². The maximum atomic E-state index is 13.0. The highest BCUT2D eigenvalue weighted by Crippen LogP contribution is 2.32. The van der Waals surface area contributed by atoms with Crippen molar-refractivity contribution in [3.8, 4) is 11.3 Å². The average Bonchev–Trinajstić information content (AvgIpc) is 3.23. The summed E-state index contributed by atoms with van der Waals surface area (Å²) < 4.78 is 39.0. The molecular weight excluding hydrogens is 367 g/mol. The van der Waals surface area contributed by atoms with Crippen molar-refractivity contribution in [2.45, 2.75) is 18.5 Å². The number of anilines is 2. The Hall–Kier alpha value is -3.00. The first kappa shape index (κ1) is 18.4. The number of benzene rings is 1. The van der Waals surface area contributed by atoms with Crippen LogP contribution in [0.15, 0.2) is 54.9 Å². The lowest BCUT2D eigenvalue weighted by molar-refractivity contribution is -0.137. The van der Waals surface area contributed by atoms with Gasteiger partial charge in [0.05, 0.1) is 11.3 Å². The van der Waals surface area contributed by atoms with Crippen LogP contribution in [0.25, 0.3) is 11.3 Å². The van der Waals surface area contributed by atoms with E-state index in [0.29, 0.717) is 23.0 Å². The van der Waals surface area contributed by atoms with E-state index in [1.807, 2.05) is 12.1 Å². The van der Waals surface area contributed by atoms with Gasteiger partial charge < -0.3 is 10.6 Å². The number of nitrogens with one attached hydrogen (secondary N) is 2. The van der Waals surface area contributed by atoms with Crippen LogP contribution in [-0.4, -0.2) is 28.0 Å². The minimum Gasteiger partial charge on any atom is -0.340 e. The molecule has 5 nitrogen and oxygen atoms in total. The minimum absolute atomic E-state index is 0.170. The SMILES string of the molecule is FC(F)(F)c1cccc(Nc2cc(-c3ccncc3)nc([C@@H]3CCNC3)n2)c1. The Morgan fingerprint density at radius 1 is 1.04 bits per heavy atom. The van der Waals surface area contributed by atoms with Crippen molar-refractivity contribution in [2.75, 3.05) is 18.4 Å². The fraction of sp³-hybridized carbons (Fsp3) is 0.250. The molecule has 3 aromatic rings. The second-order valence-electron chi connectivity index (χ2n) is 6.63. The zero-order valence-corrected chi connectivity index (χ0v) is 14.9. The summed E-state index contributed by atoms with van der Waals surface area (Å²) in [5.74, 6) is 1.31. The van der Waals surface area contributed by atoms with Crippen molar-refractivity contribution in [2.24, 2.45) is 0 Å². The number of hydrogen-bond acceptors (Lipinski definition) is 5. The van der Waals surface area contributed by atoms with Crippen molar-refractivity contribution in [3.05, 3.63) is 66.2 Å². The van der Waals surface area contributed by atoms with Gasteiger partial charge in [0.2, 0.25) is 0 Å². The molecule has 2 aromatic heterocycles. The minimum atomic E-state index is -4.40. The van der Waals surface area contributed by atoms with Crippen molar-refractivity contribution in [1.29, 1.82) is 0 Å². The summed E-state index contributed by atoms with van der Waals surface area (Å²) in [6.45, 7) is 1.67. The van der Waals surface area contributed by atoms with Gasteiger partial charge in [0.15, 0.2) is 0 Å². The van der Waals surface area contributed by atoms with Crippen LogP contribution < -0.4 is 10.6 Å². The number of pyridine rings is 1. The highest BCUT2D eigenvalue weighted by atomic mass is 19.4. The first-order valence-corrected chi connectivity index (χ1v) is 8.93. The van der Waals surface area contributed by atoms with E-state index < -0.39 is 11.7 Å². The van der Waals surface area contributed by atoms with E-state index in [9.17, 15) is 13.2 Å². The van der Waals surface area contributed by atoms with Crippen LogP contribution in [-0.2, 0) is 6.18 Å².